The molecule has 1 atom stereocenters. The molecule has 0 fully saturated rings. The average Bonchev–Trinajstić information content (AvgIpc) is 3.46. The Morgan fingerprint density at radius 2 is 0.487 bits per heavy atom. The van der Waals surface area contributed by atoms with Crippen molar-refractivity contribution in [1.82, 2.24) is 0 Å². The minimum absolute atomic E-state index is 0.102. The van der Waals surface area contributed by atoms with E-state index >= 15 is 0 Å². The molecular weight excluding hydrogens is 985 g/mol. The fourth-order valence-corrected chi connectivity index (χ4v) is 8.44. The van der Waals surface area contributed by atoms with E-state index in [9.17, 15) is 14.4 Å². The van der Waals surface area contributed by atoms with Crippen LogP contribution in [0, 0.1) is 0 Å². The summed E-state index contributed by atoms with van der Waals surface area (Å²) in [5.74, 6) is -0.953. The van der Waals surface area contributed by atoms with Crippen molar-refractivity contribution < 1.29 is 28.6 Å². The molecule has 0 saturated carbocycles. The summed E-state index contributed by atoms with van der Waals surface area (Å²) in [6.07, 6.45) is 96.7. The summed E-state index contributed by atoms with van der Waals surface area (Å²) < 4.78 is 16.9. The second-order valence-corrected chi connectivity index (χ2v) is 20.9. The molecule has 0 bridgehead atoms. The van der Waals surface area contributed by atoms with Gasteiger partial charge in [-0.15, -0.1) is 0 Å². The predicted molar refractivity (Wildman–Crippen MR) is 348 cm³/mol. The third-order valence-corrected chi connectivity index (χ3v) is 13.2. The van der Waals surface area contributed by atoms with Crippen molar-refractivity contribution in [3.05, 3.63) is 158 Å². The fourth-order valence-electron chi connectivity index (χ4n) is 8.44. The van der Waals surface area contributed by atoms with Crippen LogP contribution < -0.4 is 0 Å². The van der Waals surface area contributed by atoms with E-state index in [1.54, 1.807) is 0 Å². The van der Waals surface area contributed by atoms with Gasteiger partial charge in [-0.05, 0) is 148 Å². The molecule has 0 aromatic carbocycles. The zero-order valence-electron chi connectivity index (χ0n) is 51.5. The Labute approximate surface area is 492 Å². The number of hydrogen-bond donors (Lipinski definition) is 0. The summed E-state index contributed by atoms with van der Waals surface area (Å²) in [5.41, 5.74) is 0. The van der Waals surface area contributed by atoms with Gasteiger partial charge in [0.15, 0.2) is 6.10 Å². The fraction of sp³-hybridized carbons (Fsp3) is 0.608. The largest absolute Gasteiger partial charge is 0.462 e. The third kappa shape index (κ3) is 63.9. The lowest BCUT2D eigenvalue weighted by molar-refractivity contribution is -0.167. The van der Waals surface area contributed by atoms with Gasteiger partial charge in [-0.25, -0.2) is 0 Å². The highest BCUT2D eigenvalue weighted by Gasteiger charge is 2.19. The highest BCUT2D eigenvalue weighted by molar-refractivity contribution is 5.71. The van der Waals surface area contributed by atoms with Crippen LogP contribution >= 0.6 is 0 Å². The molecule has 6 nitrogen and oxygen atoms in total. The van der Waals surface area contributed by atoms with Crippen molar-refractivity contribution >= 4 is 17.9 Å². The van der Waals surface area contributed by atoms with Crippen LogP contribution in [-0.2, 0) is 28.6 Å². The molecule has 0 aliphatic rings. The van der Waals surface area contributed by atoms with Gasteiger partial charge in [0.2, 0.25) is 0 Å². The molecule has 0 aromatic heterocycles. The van der Waals surface area contributed by atoms with Crippen LogP contribution in [-0.4, -0.2) is 37.2 Å². The molecule has 6 heteroatoms. The number of esters is 3. The normalized spacial score (nSPS) is 13.2. The van der Waals surface area contributed by atoms with Crippen molar-refractivity contribution in [3.8, 4) is 0 Å². The summed E-state index contributed by atoms with van der Waals surface area (Å²) in [6.45, 7) is 6.35. The number of unbranched alkanes of at least 4 members (excludes halogenated alkanes) is 20. The van der Waals surface area contributed by atoms with Gasteiger partial charge in [0.1, 0.15) is 13.2 Å². The van der Waals surface area contributed by atoms with Gasteiger partial charge in [-0.2, -0.15) is 0 Å². The Bertz CT molecular complexity index is 1790. The molecule has 0 aromatic rings. The second kappa shape index (κ2) is 66.5. The summed E-state index contributed by atoms with van der Waals surface area (Å²) in [6, 6.07) is 0. The first-order chi connectivity index (χ1) is 39.5. The number of hydrogen-bond acceptors (Lipinski definition) is 6. The predicted octanol–water partition coefficient (Wildman–Crippen LogP) is 22.5. The molecule has 1 unspecified atom stereocenters. The van der Waals surface area contributed by atoms with Crippen molar-refractivity contribution in [1.29, 1.82) is 0 Å². The van der Waals surface area contributed by atoms with Crippen LogP contribution in [0.2, 0.25) is 0 Å². The van der Waals surface area contributed by atoms with E-state index in [1.165, 1.54) is 70.6 Å². The van der Waals surface area contributed by atoms with Crippen LogP contribution in [0.1, 0.15) is 271 Å². The average molecular weight is 1100 g/mol. The highest BCUT2D eigenvalue weighted by atomic mass is 16.6. The van der Waals surface area contributed by atoms with Gasteiger partial charge < -0.3 is 14.2 Å². The molecule has 0 amide bonds. The van der Waals surface area contributed by atoms with Crippen LogP contribution in [0.15, 0.2) is 158 Å². The van der Waals surface area contributed by atoms with Crippen molar-refractivity contribution in [2.24, 2.45) is 0 Å². The van der Waals surface area contributed by atoms with Gasteiger partial charge in [-0.1, -0.05) is 262 Å². The second-order valence-electron chi connectivity index (χ2n) is 20.9. The van der Waals surface area contributed by atoms with E-state index in [1.807, 2.05) is 0 Å². The molecule has 0 rings (SSSR count). The Morgan fingerprint density at radius 3 is 0.787 bits per heavy atom. The molecule has 0 spiro atoms. The van der Waals surface area contributed by atoms with E-state index in [2.05, 4.69) is 179 Å². The molecule has 0 saturated heterocycles. The standard InChI is InChI=1S/C74H118O6/c1-4-7-10-13-16-19-22-25-27-29-31-33-35-37-39-41-43-45-47-49-52-55-58-61-64-67-73(76)79-70-71(69-78-72(75)66-63-60-57-54-51-24-21-18-15-12-9-6-3)80-74(77)68-65-62-59-56-53-50-48-46-44-42-40-38-36-34-32-30-28-26-23-20-17-14-11-8-5-2/h7-8,10-11,16-21,25-28,31-34,37-40,43,45,49,52,71H,4-6,9,12-15,22-24,29-30,35-36,41-42,44,46-48,50-51,53-70H2,1-3H3/b10-7-,11-8-,19-16-,20-17-,21-18-,27-25-,28-26-,33-31-,34-32-,39-37-,40-38-,45-43-,52-49-. The molecule has 450 valence electrons. The quantitative estimate of drug-likeness (QED) is 0.0261. The van der Waals surface area contributed by atoms with E-state index in [4.69, 9.17) is 14.2 Å². The van der Waals surface area contributed by atoms with Crippen LogP contribution in [0.25, 0.3) is 0 Å². The Morgan fingerprint density at radius 1 is 0.263 bits per heavy atom. The van der Waals surface area contributed by atoms with E-state index in [0.717, 1.165) is 161 Å². The lowest BCUT2D eigenvalue weighted by Crippen LogP contribution is -2.30. The molecule has 80 heavy (non-hydrogen) atoms. The SMILES string of the molecule is CC/C=C\C/C=C\C/C=C\C/C=C\C/C=C\C/C=C\C/C=C\CCCCCC(=O)OCC(COC(=O)CCCCCCC/C=C\CCCCC)OC(=O)CCCCCCCCCCC/C=C\C/C=C\C/C=C\C/C=C\C/C=C\CC. The van der Waals surface area contributed by atoms with Crippen molar-refractivity contribution in [2.75, 3.05) is 13.2 Å². The van der Waals surface area contributed by atoms with Gasteiger partial charge in [-0.3, -0.25) is 14.4 Å². The summed E-state index contributed by atoms with van der Waals surface area (Å²) in [4.78, 5) is 38.3. The number of carbonyl (C=O) groups excluding carboxylic acids is 3. The Kier molecular flexibility index (Phi) is 62.4. The lowest BCUT2D eigenvalue weighted by Gasteiger charge is -2.18. The van der Waals surface area contributed by atoms with E-state index < -0.39 is 6.10 Å². The maximum atomic E-state index is 12.9. The lowest BCUT2D eigenvalue weighted by atomic mass is 10.1. The molecule has 0 heterocycles. The summed E-state index contributed by atoms with van der Waals surface area (Å²) in [7, 11) is 0. The smallest absolute Gasteiger partial charge is 0.306 e. The zero-order valence-corrected chi connectivity index (χ0v) is 51.5. The molecule has 0 N–H and O–H groups in total. The van der Waals surface area contributed by atoms with Gasteiger partial charge in [0.05, 0.1) is 0 Å². The summed E-state index contributed by atoms with van der Waals surface area (Å²) >= 11 is 0. The number of ether oxygens (including phenoxy) is 3. The van der Waals surface area contributed by atoms with Crippen LogP contribution in [0.5, 0.6) is 0 Å². The molecule has 0 radical (unpaired) electrons. The molecular formula is C74H118O6. The van der Waals surface area contributed by atoms with Crippen LogP contribution in [0.3, 0.4) is 0 Å². The highest BCUT2D eigenvalue weighted by Crippen LogP contribution is 2.14. The minimum Gasteiger partial charge on any atom is -0.462 e. The van der Waals surface area contributed by atoms with Crippen molar-refractivity contribution in [3.63, 3.8) is 0 Å². The van der Waals surface area contributed by atoms with Gasteiger partial charge in [0, 0.05) is 19.3 Å². The van der Waals surface area contributed by atoms with Gasteiger partial charge in [0.25, 0.3) is 0 Å². The maximum absolute atomic E-state index is 12.9. The first kappa shape index (κ1) is 75.0. The first-order valence-electron chi connectivity index (χ1n) is 32.5. The zero-order chi connectivity index (χ0) is 57.8. The van der Waals surface area contributed by atoms with Crippen LogP contribution in [0.4, 0.5) is 0 Å². The first-order valence-corrected chi connectivity index (χ1v) is 32.5. The molecule has 0 aliphatic carbocycles. The van der Waals surface area contributed by atoms with Gasteiger partial charge >= 0.3 is 17.9 Å². The van der Waals surface area contributed by atoms with E-state index in [0.29, 0.717) is 19.3 Å². The monoisotopic (exact) mass is 1100 g/mol. The number of rotatable bonds is 57. The Balaban J connectivity index is 4.43. The van der Waals surface area contributed by atoms with Crippen molar-refractivity contribution in [2.45, 2.75) is 277 Å². The maximum Gasteiger partial charge on any atom is 0.306 e. The van der Waals surface area contributed by atoms with E-state index in [-0.39, 0.29) is 31.1 Å². The number of allylic oxidation sites excluding steroid dienone is 26. The topological polar surface area (TPSA) is 78.9 Å². The Hall–Kier alpha value is -4.97. The minimum atomic E-state index is -0.808. The molecule has 0 aliphatic heterocycles. The third-order valence-electron chi connectivity index (χ3n) is 13.2. The number of carbonyl (C=O) groups is 3. The summed E-state index contributed by atoms with van der Waals surface area (Å²) in [5, 5.41) is 0.